The maximum atomic E-state index is 12.5. The fourth-order valence-electron chi connectivity index (χ4n) is 2.42. The average molecular weight is 272 g/mol. The first-order chi connectivity index (χ1) is 9.78. The largest absolute Gasteiger partial charge is 0.380 e. The third-order valence-electron chi connectivity index (χ3n) is 3.55. The third-order valence-corrected chi connectivity index (χ3v) is 3.55. The van der Waals surface area contributed by atoms with Crippen molar-refractivity contribution in [1.82, 2.24) is 19.9 Å². The molecular weight excluding hydrogens is 256 g/mol. The fourth-order valence-corrected chi connectivity index (χ4v) is 2.42. The van der Waals surface area contributed by atoms with Crippen molar-refractivity contribution in [2.45, 2.75) is 12.5 Å². The van der Waals surface area contributed by atoms with Gasteiger partial charge >= 0.3 is 0 Å². The van der Waals surface area contributed by atoms with Crippen LogP contribution < -0.4 is 0 Å². The number of hydrogen-bond donors (Lipinski definition) is 0. The lowest BCUT2D eigenvalue weighted by Gasteiger charge is -2.16. The van der Waals surface area contributed by atoms with Gasteiger partial charge in [0.1, 0.15) is 0 Å². The van der Waals surface area contributed by atoms with Crippen LogP contribution in [0.1, 0.15) is 16.8 Å². The second kappa shape index (κ2) is 5.42. The van der Waals surface area contributed by atoms with E-state index in [0.29, 0.717) is 12.1 Å². The molecule has 0 spiro atoms. The quantitative estimate of drug-likeness (QED) is 0.840. The number of nitrogens with zero attached hydrogens (tertiary/aromatic N) is 4. The highest BCUT2D eigenvalue weighted by Gasteiger charge is 2.26. The summed E-state index contributed by atoms with van der Waals surface area (Å²) in [6, 6.07) is 7.40. The molecule has 1 aliphatic heterocycles. The highest BCUT2D eigenvalue weighted by Crippen LogP contribution is 2.17. The molecule has 20 heavy (non-hydrogen) atoms. The van der Waals surface area contributed by atoms with E-state index in [1.807, 2.05) is 29.2 Å². The van der Waals surface area contributed by atoms with Gasteiger partial charge in [-0.2, -0.15) is 0 Å². The van der Waals surface area contributed by atoms with Crippen LogP contribution in [0.3, 0.4) is 0 Å². The van der Waals surface area contributed by atoms with Crippen LogP contribution in [-0.2, 0) is 4.74 Å². The Balaban J connectivity index is 1.80. The van der Waals surface area contributed by atoms with Crippen molar-refractivity contribution in [3.05, 3.63) is 42.2 Å². The molecule has 0 bridgehead atoms. The van der Waals surface area contributed by atoms with Gasteiger partial charge < -0.3 is 9.64 Å². The molecule has 104 valence electrons. The molecule has 1 saturated heterocycles. The molecule has 3 rings (SSSR count). The van der Waals surface area contributed by atoms with Gasteiger partial charge in [0.15, 0.2) is 0 Å². The lowest BCUT2D eigenvalue weighted by molar-refractivity contribution is 0.0724. The number of likely N-dealkylation sites (tertiary alicyclic amines) is 1. The first kappa shape index (κ1) is 12.8. The summed E-state index contributed by atoms with van der Waals surface area (Å²) in [5.41, 5.74) is 1.49. The van der Waals surface area contributed by atoms with Crippen LogP contribution in [0.15, 0.2) is 36.7 Å². The van der Waals surface area contributed by atoms with Gasteiger partial charge in [0.05, 0.1) is 24.2 Å². The Hall–Kier alpha value is -2.21. The summed E-state index contributed by atoms with van der Waals surface area (Å²) >= 11 is 0. The SMILES string of the molecule is CO[C@@H]1CCN(C(=O)c2cccc(-n3ccnn3)c2)C1. The molecule has 0 N–H and O–H groups in total. The standard InChI is InChI=1S/C14H16N4O2/c1-20-13-5-7-17(10-13)14(19)11-3-2-4-12(9-11)18-8-6-15-16-18/h2-4,6,8-9,13H,5,7,10H2,1H3/t13-/m1/s1. The maximum Gasteiger partial charge on any atom is 0.254 e. The molecule has 6 heteroatoms. The number of carbonyl (C=O) groups is 1. The lowest BCUT2D eigenvalue weighted by Crippen LogP contribution is -2.30. The summed E-state index contributed by atoms with van der Waals surface area (Å²) in [6.45, 7) is 1.40. The third kappa shape index (κ3) is 2.42. The summed E-state index contributed by atoms with van der Waals surface area (Å²) in [5, 5.41) is 7.70. The lowest BCUT2D eigenvalue weighted by atomic mass is 10.2. The van der Waals surface area contributed by atoms with Crippen LogP contribution in [0.4, 0.5) is 0 Å². The predicted molar refractivity (Wildman–Crippen MR) is 72.7 cm³/mol. The van der Waals surface area contributed by atoms with Gasteiger partial charge in [-0.3, -0.25) is 4.79 Å². The second-order valence-corrected chi connectivity index (χ2v) is 4.80. The Kier molecular flexibility index (Phi) is 3.47. The fraction of sp³-hybridized carbons (Fsp3) is 0.357. The monoisotopic (exact) mass is 272 g/mol. The topological polar surface area (TPSA) is 60.2 Å². The van der Waals surface area contributed by atoms with Crippen molar-refractivity contribution < 1.29 is 9.53 Å². The number of benzene rings is 1. The Morgan fingerprint density at radius 2 is 2.35 bits per heavy atom. The number of ether oxygens (including phenoxy) is 1. The van der Waals surface area contributed by atoms with Gasteiger partial charge in [-0.05, 0) is 24.6 Å². The summed E-state index contributed by atoms with van der Waals surface area (Å²) in [4.78, 5) is 14.3. The molecule has 1 amide bonds. The van der Waals surface area contributed by atoms with E-state index in [0.717, 1.165) is 18.7 Å². The minimum absolute atomic E-state index is 0.0338. The molecule has 2 aromatic rings. The number of hydrogen-bond acceptors (Lipinski definition) is 4. The van der Waals surface area contributed by atoms with Crippen LogP contribution in [0.25, 0.3) is 5.69 Å². The van der Waals surface area contributed by atoms with E-state index in [2.05, 4.69) is 10.3 Å². The molecule has 6 nitrogen and oxygen atoms in total. The molecule has 2 heterocycles. The van der Waals surface area contributed by atoms with E-state index < -0.39 is 0 Å². The van der Waals surface area contributed by atoms with Crippen molar-refractivity contribution in [3.8, 4) is 5.69 Å². The molecule has 0 aliphatic carbocycles. The van der Waals surface area contributed by atoms with E-state index in [4.69, 9.17) is 4.74 Å². The van der Waals surface area contributed by atoms with Crippen molar-refractivity contribution in [3.63, 3.8) is 0 Å². The first-order valence-corrected chi connectivity index (χ1v) is 6.57. The molecule has 1 fully saturated rings. The Bertz CT molecular complexity index is 597. The van der Waals surface area contributed by atoms with E-state index in [1.54, 1.807) is 24.2 Å². The first-order valence-electron chi connectivity index (χ1n) is 6.57. The zero-order chi connectivity index (χ0) is 13.9. The number of carbonyl (C=O) groups excluding carboxylic acids is 1. The van der Waals surface area contributed by atoms with E-state index in [1.165, 1.54) is 0 Å². The van der Waals surface area contributed by atoms with Crippen molar-refractivity contribution in [2.75, 3.05) is 20.2 Å². The van der Waals surface area contributed by atoms with Crippen LogP contribution in [0, 0.1) is 0 Å². The molecule has 0 radical (unpaired) electrons. The van der Waals surface area contributed by atoms with E-state index >= 15 is 0 Å². The highest BCUT2D eigenvalue weighted by atomic mass is 16.5. The van der Waals surface area contributed by atoms with Crippen molar-refractivity contribution >= 4 is 5.91 Å². The van der Waals surface area contributed by atoms with Gasteiger partial charge in [-0.15, -0.1) is 5.10 Å². The number of amides is 1. The Morgan fingerprint density at radius 1 is 1.45 bits per heavy atom. The number of methoxy groups -OCH3 is 1. The predicted octanol–water partition coefficient (Wildman–Crippen LogP) is 1.13. The van der Waals surface area contributed by atoms with Gasteiger partial charge in [-0.1, -0.05) is 11.3 Å². The van der Waals surface area contributed by atoms with E-state index in [-0.39, 0.29) is 12.0 Å². The van der Waals surface area contributed by atoms with Gasteiger partial charge in [0.25, 0.3) is 5.91 Å². The summed E-state index contributed by atoms with van der Waals surface area (Å²) < 4.78 is 6.93. The number of rotatable bonds is 3. The second-order valence-electron chi connectivity index (χ2n) is 4.80. The van der Waals surface area contributed by atoms with E-state index in [9.17, 15) is 4.79 Å². The van der Waals surface area contributed by atoms with Crippen LogP contribution in [-0.4, -0.2) is 52.1 Å². The zero-order valence-corrected chi connectivity index (χ0v) is 11.3. The number of aromatic nitrogens is 3. The Morgan fingerprint density at radius 3 is 3.05 bits per heavy atom. The average Bonchev–Trinajstić information content (AvgIpc) is 3.17. The maximum absolute atomic E-state index is 12.5. The van der Waals surface area contributed by atoms with Crippen molar-refractivity contribution in [1.29, 1.82) is 0 Å². The normalized spacial score (nSPS) is 18.4. The summed E-state index contributed by atoms with van der Waals surface area (Å²) in [5.74, 6) is 0.0338. The van der Waals surface area contributed by atoms with Crippen LogP contribution >= 0.6 is 0 Å². The molecule has 0 unspecified atom stereocenters. The van der Waals surface area contributed by atoms with Gasteiger partial charge in [-0.25, -0.2) is 4.68 Å². The minimum atomic E-state index is 0.0338. The molecule has 1 aromatic heterocycles. The Labute approximate surface area is 117 Å². The molecule has 1 aliphatic rings. The highest BCUT2D eigenvalue weighted by molar-refractivity contribution is 5.95. The molecule has 0 saturated carbocycles. The minimum Gasteiger partial charge on any atom is -0.380 e. The van der Waals surface area contributed by atoms with Gasteiger partial charge in [0.2, 0.25) is 0 Å². The van der Waals surface area contributed by atoms with Crippen LogP contribution in [0.2, 0.25) is 0 Å². The smallest absolute Gasteiger partial charge is 0.254 e. The molecule has 1 aromatic carbocycles. The molecular formula is C14H16N4O2. The zero-order valence-electron chi connectivity index (χ0n) is 11.3. The summed E-state index contributed by atoms with van der Waals surface area (Å²) in [7, 11) is 1.68. The van der Waals surface area contributed by atoms with Crippen molar-refractivity contribution in [2.24, 2.45) is 0 Å². The summed E-state index contributed by atoms with van der Waals surface area (Å²) in [6.07, 6.45) is 4.40. The molecule has 1 atom stereocenters. The van der Waals surface area contributed by atoms with Crippen LogP contribution in [0.5, 0.6) is 0 Å². The van der Waals surface area contributed by atoms with Gasteiger partial charge in [0, 0.05) is 25.8 Å².